The average Bonchev–Trinajstić information content (AvgIpc) is 2.38. The Kier molecular flexibility index (Phi) is 4.15. The van der Waals surface area contributed by atoms with Gasteiger partial charge in [0.1, 0.15) is 10.7 Å². The molecule has 0 saturated heterocycles. The van der Waals surface area contributed by atoms with Gasteiger partial charge in [-0.05, 0) is 42.5 Å². The van der Waals surface area contributed by atoms with Crippen molar-refractivity contribution in [1.29, 1.82) is 0 Å². The fourth-order valence-corrected chi connectivity index (χ4v) is 3.20. The molecule has 0 atom stereocenters. The van der Waals surface area contributed by atoms with Crippen molar-refractivity contribution in [2.75, 3.05) is 4.72 Å². The van der Waals surface area contributed by atoms with Crippen molar-refractivity contribution in [2.24, 2.45) is 5.73 Å². The maximum Gasteiger partial charge on any atom is 0.263 e. The largest absolute Gasteiger partial charge is 0.366 e. The predicted octanol–water partition coefficient (Wildman–Crippen LogP) is 2.38. The molecule has 21 heavy (non-hydrogen) atoms. The van der Waals surface area contributed by atoms with Crippen LogP contribution in [0.1, 0.15) is 10.4 Å². The van der Waals surface area contributed by atoms with Gasteiger partial charge in [0.15, 0.2) is 0 Å². The Bertz CT molecular complexity index is 792. The molecule has 0 radical (unpaired) electrons. The first kappa shape index (κ1) is 15.3. The van der Waals surface area contributed by atoms with Crippen LogP contribution in [-0.2, 0) is 10.0 Å². The number of sulfonamides is 1. The van der Waals surface area contributed by atoms with Gasteiger partial charge in [-0.15, -0.1) is 0 Å². The van der Waals surface area contributed by atoms with Crippen LogP contribution < -0.4 is 10.5 Å². The molecule has 2 aromatic rings. The molecule has 0 aromatic heterocycles. The summed E-state index contributed by atoms with van der Waals surface area (Å²) < 4.78 is 39.5. The van der Waals surface area contributed by atoms with Crippen LogP contribution in [0, 0.1) is 5.82 Å². The molecule has 8 heteroatoms. The first-order valence-corrected chi connectivity index (χ1v) is 7.53. The van der Waals surface area contributed by atoms with Gasteiger partial charge < -0.3 is 5.73 Å². The minimum atomic E-state index is -3.96. The molecule has 2 aromatic carbocycles. The second-order valence-electron chi connectivity index (χ2n) is 4.12. The number of anilines is 1. The monoisotopic (exact) mass is 328 g/mol. The average molecular weight is 329 g/mol. The summed E-state index contributed by atoms with van der Waals surface area (Å²) in [5.74, 6) is -1.25. The lowest BCUT2D eigenvalue weighted by atomic mass is 10.2. The molecular weight excluding hydrogens is 319 g/mol. The van der Waals surface area contributed by atoms with Gasteiger partial charge >= 0.3 is 0 Å². The van der Waals surface area contributed by atoms with E-state index in [0.717, 1.165) is 18.2 Å². The van der Waals surface area contributed by atoms with Crippen LogP contribution in [0.15, 0.2) is 47.4 Å². The minimum absolute atomic E-state index is 0.223. The molecule has 0 aliphatic heterocycles. The summed E-state index contributed by atoms with van der Waals surface area (Å²) in [5.41, 5.74) is 5.56. The number of carbonyl (C=O) groups is 1. The van der Waals surface area contributed by atoms with Gasteiger partial charge in [-0.1, -0.05) is 11.6 Å². The van der Waals surface area contributed by atoms with Crippen molar-refractivity contribution >= 4 is 33.2 Å². The lowest BCUT2D eigenvalue weighted by molar-refractivity contribution is 0.100. The van der Waals surface area contributed by atoms with Gasteiger partial charge in [0, 0.05) is 11.3 Å². The number of hydrogen-bond acceptors (Lipinski definition) is 3. The zero-order valence-electron chi connectivity index (χ0n) is 10.5. The number of hydrogen-bond donors (Lipinski definition) is 2. The van der Waals surface area contributed by atoms with Crippen molar-refractivity contribution in [1.82, 2.24) is 0 Å². The smallest absolute Gasteiger partial charge is 0.263 e. The van der Waals surface area contributed by atoms with Gasteiger partial charge in [0.2, 0.25) is 5.91 Å². The Labute approximate surface area is 125 Å². The van der Waals surface area contributed by atoms with E-state index in [1.165, 1.54) is 24.3 Å². The van der Waals surface area contributed by atoms with Gasteiger partial charge in [0.25, 0.3) is 10.0 Å². The fraction of sp³-hybridized carbons (Fsp3) is 0. The second kappa shape index (κ2) is 5.71. The number of primary amides is 1. The molecule has 0 aliphatic rings. The van der Waals surface area contributed by atoms with E-state index in [2.05, 4.69) is 4.72 Å². The van der Waals surface area contributed by atoms with Crippen LogP contribution in [-0.4, -0.2) is 14.3 Å². The third kappa shape index (κ3) is 3.50. The third-order valence-corrected chi connectivity index (χ3v) is 4.47. The summed E-state index contributed by atoms with van der Waals surface area (Å²) in [7, 11) is -3.96. The second-order valence-corrected chi connectivity index (χ2v) is 6.18. The van der Waals surface area contributed by atoms with Crippen LogP contribution >= 0.6 is 11.6 Å². The molecule has 0 unspecified atom stereocenters. The van der Waals surface area contributed by atoms with Crippen LogP contribution in [0.4, 0.5) is 10.1 Å². The first-order chi connectivity index (χ1) is 9.79. The van der Waals surface area contributed by atoms with E-state index >= 15 is 0 Å². The van der Waals surface area contributed by atoms with Crippen molar-refractivity contribution in [3.05, 3.63) is 58.9 Å². The van der Waals surface area contributed by atoms with Crippen molar-refractivity contribution in [3.8, 4) is 0 Å². The quantitative estimate of drug-likeness (QED) is 0.903. The fourth-order valence-electron chi connectivity index (χ4n) is 1.61. The summed E-state index contributed by atoms with van der Waals surface area (Å²) in [6.45, 7) is 0. The van der Waals surface area contributed by atoms with E-state index in [9.17, 15) is 17.6 Å². The molecule has 0 saturated carbocycles. The molecule has 0 spiro atoms. The molecule has 2 rings (SSSR count). The van der Waals surface area contributed by atoms with Crippen molar-refractivity contribution in [2.45, 2.75) is 4.90 Å². The van der Waals surface area contributed by atoms with E-state index in [1.54, 1.807) is 0 Å². The topological polar surface area (TPSA) is 89.3 Å². The van der Waals surface area contributed by atoms with E-state index < -0.39 is 21.7 Å². The normalized spacial score (nSPS) is 11.1. The highest BCUT2D eigenvalue weighted by Crippen LogP contribution is 2.24. The third-order valence-electron chi connectivity index (χ3n) is 2.61. The van der Waals surface area contributed by atoms with E-state index in [0.29, 0.717) is 0 Å². The van der Waals surface area contributed by atoms with Crippen molar-refractivity contribution < 1.29 is 17.6 Å². The molecule has 5 nitrogen and oxygen atoms in total. The summed E-state index contributed by atoms with van der Waals surface area (Å²) in [6.07, 6.45) is 0. The van der Waals surface area contributed by atoms with Crippen LogP contribution in [0.5, 0.6) is 0 Å². The molecular formula is C13H10ClFN2O3S. The number of rotatable bonds is 4. The highest BCUT2D eigenvalue weighted by atomic mass is 35.5. The van der Waals surface area contributed by atoms with E-state index in [-0.39, 0.29) is 21.2 Å². The number of nitrogens with one attached hydrogen (secondary N) is 1. The van der Waals surface area contributed by atoms with Crippen LogP contribution in [0.2, 0.25) is 5.02 Å². The van der Waals surface area contributed by atoms with Gasteiger partial charge in [0.05, 0.1) is 5.02 Å². The molecule has 0 fully saturated rings. The van der Waals surface area contributed by atoms with Gasteiger partial charge in [-0.3, -0.25) is 9.52 Å². The standard InChI is InChI=1S/C13H10ClFN2O3S/c14-11-7-9(15)3-6-12(11)21(19,20)17-10-4-1-8(2-5-10)13(16)18/h1-7,17H,(H2,16,18). The lowest BCUT2D eigenvalue weighted by Crippen LogP contribution is -2.14. The molecule has 0 heterocycles. The molecule has 110 valence electrons. The number of carbonyl (C=O) groups excluding carboxylic acids is 1. The number of benzene rings is 2. The highest BCUT2D eigenvalue weighted by Gasteiger charge is 2.18. The Morgan fingerprint density at radius 3 is 2.29 bits per heavy atom. The SMILES string of the molecule is NC(=O)c1ccc(NS(=O)(=O)c2ccc(F)cc2Cl)cc1. The first-order valence-electron chi connectivity index (χ1n) is 5.67. The molecule has 3 N–H and O–H groups in total. The molecule has 1 amide bonds. The van der Waals surface area contributed by atoms with E-state index in [4.69, 9.17) is 17.3 Å². The van der Waals surface area contributed by atoms with E-state index in [1.807, 2.05) is 0 Å². The van der Waals surface area contributed by atoms with Gasteiger partial charge in [-0.25, -0.2) is 12.8 Å². The van der Waals surface area contributed by atoms with Crippen LogP contribution in [0.25, 0.3) is 0 Å². The Morgan fingerprint density at radius 2 is 1.76 bits per heavy atom. The predicted molar refractivity (Wildman–Crippen MR) is 77.2 cm³/mol. The number of nitrogens with two attached hydrogens (primary N) is 1. The zero-order valence-corrected chi connectivity index (χ0v) is 12.1. The lowest BCUT2D eigenvalue weighted by Gasteiger charge is -2.09. The Hall–Kier alpha value is -2.12. The molecule has 0 bridgehead atoms. The van der Waals surface area contributed by atoms with Crippen LogP contribution in [0.3, 0.4) is 0 Å². The Balaban J connectivity index is 2.30. The maximum atomic E-state index is 12.9. The van der Waals surface area contributed by atoms with Crippen molar-refractivity contribution in [3.63, 3.8) is 0 Å². The van der Waals surface area contributed by atoms with Gasteiger partial charge in [-0.2, -0.15) is 0 Å². The summed E-state index contributed by atoms with van der Waals surface area (Å²) in [6, 6.07) is 8.50. The number of amides is 1. The maximum absolute atomic E-state index is 12.9. The number of halogens is 2. The highest BCUT2D eigenvalue weighted by molar-refractivity contribution is 7.92. The summed E-state index contributed by atoms with van der Waals surface area (Å²) >= 11 is 5.73. The summed E-state index contributed by atoms with van der Waals surface area (Å²) in [5, 5.41) is -0.226. The minimum Gasteiger partial charge on any atom is -0.366 e. The zero-order chi connectivity index (χ0) is 15.6. The molecule has 0 aliphatic carbocycles. The summed E-state index contributed by atoms with van der Waals surface area (Å²) in [4.78, 5) is 10.7. The Morgan fingerprint density at radius 1 is 1.14 bits per heavy atom.